The molecule has 0 saturated carbocycles. The van der Waals surface area contributed by atoms with E-state index in [1.807, 2.05) is 66.2 Å². The zero-order chi connectivity index (χ0) is 23.8. The minimum Gasteiger partial charge on any atom is -0.476 e. The van der Waals surface area contributed by atoms with Crippen LogP contribution in [0.15, 0.2) is 64.0 Å². The summed E-state index contributed by atoms with van der Waals surface area (Å²) in [6, 6.07) is 15.4. The monoisotopic (exact) mass is 477 g/mol. The lowest BCUT2D eigenvalue weighted by Gasteiger charge is -2.13. The molecule has 0 unspecified atom stereocenters. The second kappa shape index (κ2) is 8.68. The predicted molar refractivity (Wildman–Crippen MR) is 127 cm³/mol. The molecule has 2 aromatic carbocycles. The molecule has 0 aliphatic heterocycles. The molecular formula is C24H20ClN5O4. The molecule has 0 saturated heterocycles. The number of carboxylic acid groups (broad SMARTS) is 1. The number of para-hydroxylation sites is 1. The first-order valence-electron chi connectivity index (χ1n) is 10.7. The van der Waals surface area contributed by atoms with Crippen molar-refractivity contribution in [2.24, 2.45) is 0 Å². The summed E-state index contributed by atoms with van der Waals surface area (Å²) in [7, 11) is 0. The molecule has 5 aromatic rings. The van der Waals surface area contributed by atoms with Crippen LogP contribution in [0.25, 0.3) is 28.0 Å². The number of carbonyl (C=O) groups is 1. The van der Waals surface area contributed by atoms with Gasteiger partial charge in [-0.05, 0) is 36.2 Å². The number of hydrogen-bond acceptors (Lipinski definition) is 5. The van der Waals surface area contributed by atoms with Crippen molar-refractivity contribution in [2.75, 3.05) is 0 Å². The molecule has 0 bridgehead atoms. The van der Waals surface area contributed by atoms with Gasteiger partial charge < -0.3 is 14.2 Å². The fourth-order valence-corrected chi connectivity index (χ4v) is 4.52. The van der Waals surface area contributed by atoms with E-state index >= 15 is 0 Å². The highest BCUT2D eigenvalue weighted by Gasteiger charge is 2.22. The van der Waals surface area contributed by atoms with Crippen molar-refractivity contribution in [2.45, 2.75) is 26.3 Å². The first-order valence-corrected chi connectivity index (χ1v) is 11.1. The average Bonchev–Trinajstić information content (AvgIpc) is 3.52. The molecule has 34 heavy (non-hydrogen) atoms. The second-order valence-electron chi connectivity index (χ2n) is 7.81. The van der Waals surface area contributed by atoms with Crippen LogP contribution >= 0.6 is 11.6 Å². The normalized spacial score (nSPS) is 11.4. The van der Waals surface area contributed by atoms with Gasteiger partial charge in [0.15, 0.2) is 16.7 Å². The minimum atomic E-state index is -1.11. The van der Waals surface area contributed by atoms with Gasteiger partial charge in [0, 0.05) is 23.6 Å². The maximum Gasteiger partial charge on any atom is 0.439 e. The molecule has 3 heterocycles. The summed E-state index contributed by atoms with van der Waals surface area (Å²) in [6.45, 7) is 2.32. The van der Waals surface area contributed by atoms with Gasteiger partial charge in [-0.15, -0.1) is 0 Å². The maximum absolute atomic E-state index is 11.9. The number of nitrogens with one attached hydrogen (secondary N) is 1. The highest BCUT2D eigenvalue weighted by Crippen LogP contribution is 2.30. The third-order valence-electron chi connectivity index (χ3n) is 5.69. The number of H-pyrrole nitrogens is 1. The smallest absolute Gasteiger partial charge is 0.439 e. The Kier molecular flexibility index (Phi) is 5.54. The molecule has 0 aliphatic rings. The van der Waals surface area contributed by atoms with Gasteiger partial charge in [0.1, 0.15) is 5.82 Å². The van der Waals surface area contributed by atoms with Crippen molar-refractivity contribution < 1.29 is 14.4 Å². The summed E-state index contributed by atoms with van der Waals surface area (Å²) in [5.74, 6) is -0.760. The molecule has 5 rings (SSSR count). The Morgan fingerprint density at radius 3 is 2.74 bits per heavy atom. The van der Waals surface area contributed by atoms with Crippen LogP contribution in [-0.4, -0.2) is 35.3 Å². The number of nitrogens with zero attached hydrogens (tertiary/aromatic N) is 4. The number of halogens is 1. The molecule has 10 heteroatoms. The van der Waals surface area contributed by atoms with Crippen molar-refractivity contribution in [3.63, 3.8) is 0 Å². The van der Waals surface area contributed by atoms with Gasteiger partial charge in [-0.1, -0.05) is 47.9 Å². The summed E-state index contributed by atoms with van der Waals surface area (Å²) in [4.78, 5) is 30.3. The summed E-state index contributed by atoms with van der Waals surface area (Å²) < 4.78 is 8.36. The molecule has 0 radical (unpaired) electrons. The highest BCUT2D eigenvalue weighted by atomic mass is 35.5. The van der Waals surface area contributed by atoms with E-state index in [2.05, 4.69) is 19.6 Å². The Morgan fingerprint density at radius 2 is 2.00 bits per heavy atom. The summed E-state index contributed by atoms with van der Waals surface area (Å²) >= 11 is 6.17. The average molecular weight is 478 g/mol. The van der Waals surface area contributed by atoms with Crippen LogP contribution in [0.2, 0.25) is 5.15 Å². The van der Waals surface area contributed by atoms with E-state index in [0.717, 1.165) is 28.6 Å². The van der Waals surface area contributed by atoms with Gasteiger partial charge in [0.2, 0.25) is 0 Å². The molecule has 0 aliphatic carbocycles. The third kappa shape index (κ3) is 3.69. The third-order valence-corrected chi connectivity index (χ3v) is 5.95. The number of aromatic nitrogens is 5. The molecule has 0 spiro atoms. The fraction of sp³-hybridized carbons (Fsp3) is 0.167. The van der Waals surface area contributed by atoms with Crippen molar-refractivity contribution in [3.8, 4) is 17.1 Å². The molecule has 0 amide bonds. The predicted octanol–water partition coefficient (Wildman–Crippen LogP) is 4.52. The van der Waals surface area contributed by atoms with Gasteiger partial charge in [-0.3, -0.25) is 9.51 Å². The molecule has 2 N–H and O–H groups in total. The minimum absolute atomic E-state index is 0.00349. The number of aromatic carboxylic acids is 1. The van der Waals surface area contributed by atoms with E-state index in [9.17, 15) is 14.7 Å². The molecule has 9 nitrogen and oxygen atoms in total. The molecule has 172 valence electrons. The van der Waals surface area contributed by atoms with Crippen molar-refractivity contribution in [1.29, 1.82) is 0 Å². The number of aryl methyl sites for hydroxylation is 1. The lowest BCUT2D eigenvalue weighted by Crippen LogP contribution is -2.13. The Bertz CT molecular complexity index is 1580. The number of rotatable bonds is 7. The molecule has 0 fully saturated rings. The number of carboxylic acids is 1. The van der Waals surface area contributed by atoms with Gasteiger partial charge in [0.25, 0.3) is 0 Å². The topological polar surface area (TPSA) is 119 Å². The van der Waals surface area contributed by atoms with Crippen LogP contribution in [0, 0.1) is 0 Å². The van der Waals surface area contributed by atoms with Crippen molar-refractivity contribution in [1.82, 2.24) is 24.3 Å². The van der Waals surface area contributed by atoms with E-state index in [-0.39, 0.29) is 10.8 Å². The molecule has 3 aromatic heterocycles. The van der Waals surface area contributed by atoms with E-state index in [4.69, 9.17) is 11.6 Å². The van der Waals surface area contributed by atoms with Crippen LogP contribution < -0.4 is 5.76 Å². The zero-order valence-electron chi connectivity index (χ0n) is 18.2. The SMILES string of the molecule is CCCc1nc(Cl)c(C(=O)O)n1Cc1cccc2c1ccn2-c1ccccc1-c1noc(=O)[nH]1. The van der Waals surface area contributed by atoms with E-state index in [0.29, 0.717) is 30.2 Å². The largest absolute Gasteiger partial charge is 0.476 e. The highest BCUT2D eigenvalue weighted by molar-refractivity contribution is 6.32. The number of aromatic amines is 1. The Morgan fingerprint density at radius 1 is 1.18 bits per heavy atom. The van der Waals surface area contributed by atoms with Crippen LogP contribution in [0.5, 0.6) is 0 Å². The Hall–Kier alpha value is -4.11. The lowest BCUT2D eigenvalue weighted by atomic mass is 10.1. The summed E-state index contributed by atoms with van der Waals surface area (Å²) in [6.07, 6.45) is 3.36. The molecule has 0 atom stereocenters. The number of imidazole rings is 1. The Balaban J connectivity index is 1.63. The van der Waals surface area contributed by atoms with Crippen LogP contribution in [-0.2, 0) is 13.0 Å². The van der Waals surface area contributed by atoms with E-state index < -0.39 is 11.7 Å². The Labute approximate surface area is 198 Å². The maximum atomic E-state index is 11.9. The number of benzene rings is 2. The fourth-order valence-electron chi connectivity index (χ4n) is 4.24. The van der Waals surface area contributed by atoms with Gasteiger partial charge >= 0.3 is 11.7 Å². The second-order valence-corrected chi connectivity index (χ2v) is 8.16. The van der Waals surface area contributed by atoms with E-state index in [1.54, 1.807) is 4.57 Å². The first kappa shape index (κ1) is 21.7. The van der Waals surface area contributed by atoms with Crippen LogP contribution in [0.3, 0.4) is 0 Å². The zero-order valence-corrected chi connectivity index (χ0v) is 18.9. The summed E-state index contributed by atoms with van der Waals surface area (Å²) in [5, 5.41) is 14.5. The van der Waals surface area contributed by atoms with Crippen LogP contribution in [0.4, 0.5) is 0 Å². The van der Waals surface area contributed by atoms with Crippen LogP contribution in [0.1, 0.15) is 35.2 Å². The van der Waals surface area contributed by atoms with E-state index in [1.165, 1.54) is 0 Å². The lowest BCUT2D eigenvalue weighted by molar-refractivity contribution is 0.0685. The summed E-state index contributed by atoms with van der Waals surface area (Å²) in [5.41, 5.74) is 3.34. The van der Waals surface area contributed by atoms with Gasteiger partial charge in [-0.2, -0.15) is 0 Å². The van der Waals surface area contributed by atoms with Gasteiger partial charge in [-0.25, -0.2) is 14.6 Å². The number of hydrogen-bond donors (Lipinski definition) is 2. The van der Waals surface area contributed by atoms with Gasteiger partial charge in [0.05, 0.1) is 17.7 Å². The quantitative estimate of drug-likeness (QED) is 0.355. The molecular weight excluding hydrogens is 458 g/mol. The van der Waals surface area contributed by atoms with Crippen molar-refractivity contribution in [3.05, 3.63) is 87.5 Å². The van der Waals surface area contributed by atoms with Crippen molar-refractivity contribution >= 4 is 28.5 Å². The first-order chi connectivity index (χ1) is 16.5. The standard InChI is InChI=1S/C24H20ClN5O4/c1-2-6-19-26-21(25)20(23(31)32)30(19)13-14-7-5-10-17-15(14)11-12-29(17)18-9-4-3-8-16(18)22-27-24(33)34-28-22/h3-5,7-12H,2,6,13H2,1H3,(H,31,32)(H,27,28,33). The number of fused-ring (bicyclic) bond motifs is 1.